The minimum Gasteiger partial charge on any atom is -0.368 e. The summed E-state index contributed by atoms with van der Waals surface area (Å²) >= 11 is 7.91. The molecule has 0 saturated carbocycles. The number of halogens is 1. The Morgan fingerprint density at radius 3 is 3.06 bits per heavy atom. The van der Waals surface area contributed by atoms with Crippen molar-refractivity contribution in [2.75, 3.05) is 17.6 Å². The second-order valence-electron chi connectivity index (χ2n) is 4.15. The highest BCUT2D eigenvalue weighted by Gasteiger charge is 2.15. The van der Waals surface area contributed by atoms with Crippen LogP contribution in [0.15, 0.2) is 12.3 Å². The van der Waals surface area contributed by atoms with Crippen molar-refractivity contribution in [3.05, 3.63) is 27.4 Å². The first-order valence-electron chi connectivity index (χ1n) is 5.82. The molecule has 0 aliphatic carbocycles. The van der Waals surface area contributed by atoms with Gasteiger partial charge in [0.15, 0.2) is 0 Å². The lowest BCUT2D eigenvalue weighted by atomic mass is 10.2. The van der Waals surface area contributed by atoms with Crippen LogP contribution in [0.5, 0.6) is 0 Å². The van der Waals surface area contributed by atoms with Crippen molar-refractivity contribution >= 4 is 34.9 Å². The van der Waals surface area contributed by atoms with Crippen LogP contribution in [0.4, 0.5) is 11.5 Å². The zero-order valence-corrected chi connectivity index (χ0v) is 11.3. The van der Waals surface area contributed by atoms with E-state index in [-0.39, 0.29) is 5.69 Å². The summed E-state index contributed by atoms with van der Waals surface area (Å²) in [5.41, 5.74) is -0.0856. The van der Waals surface area contributed by atoms with E-state index in [2.05, 4.69) is 10.3 Å². The van der Waals surface area contributed by atoms with Gasteiger partial charge < -0.3 is 5.32 Å². The number of hydrogen-bond acceptors (Lipinski definition) is 5. The fourth-order valence-electron chi connectivity index (χ4n) is 1.84. The van der Waals surface area contributed by atoms with Gasteiger partial charge in [-0.25, -0.2) is 4.98 Å². The van der Waals surface area contributed by atoms with Gasteiger partial charge in [-0.05, 0) is 18.6 Å². The largest absolute Gasteiger partial charge is 0.368 e. The lowest BCUT2D eigenvalue weighted by molar-refractivity contribution is -0.385. The quantitative estimate of drug-likeness (QED) is 0.679. The van der Waals surface area contributed by atoms with Gasteiger partial charge in [-0.1, -0.05) is 18.0 Å². The van der Waals surface area contributed by atoms with E-state index in [0.717, 1.165) is 6.54 Å². The summed E-state index contributed by atoms with van der Waals surface area (Å²) in [6, 6.07) is 1.32. The average Bonchev–Trinajstić information content (AvgIpc) is 2.38. The molecule has 1 fully saturated rings. The molecule has 7 heteroatoms. The zero-order chi connectivity index (χ0) is 13.0. The number of aromatic nitrogens is 1. The molecule has 1 atom stereocenters. The molecule has 18 heavy (non-hydrogen) atoms. The van der Waals surface area contributed by atoms with Crippen molar-refractivity contribution < 1.29 is 4.92 Å². The lowest BCUT2D eigenvalue weighted by Gasteiger charge is -2.21. The monoisotopic (exact) mass is 287 g/mol. The van der Waals surface area contributed by atoms with Crippen LogP contribution in [0.25, 0.3) is 0 Å². The predicted octanol–water partition coefficient (Wildman–Crippen LogP) is 3.34. The third kappa shape index (κ3) is 3.49. The lowest BCUT2D eigenvalue weighted by Crippen LogP contribution is -2.20. The minimum absolute atomic E-state index is 0.0856. The van der Waals surface area contributed by atoms with Crippen molar-refractivity contribution in [2.24, 2.45) is 0 Å². The zero-order valence-electron chi connectivity index (χ0n) is 9.76. The topological polar surface area (TPSA) is 68.1 Å². The maximum atomic E-state index is 10.6. The van der Waals surface area contributed by atoms with Crippen molar-refractivity contribution in [1.29, 1.82) is 0 Å². The van der Waals surface area contributed by atoms with Crippen LogP contribution in [-0.2, 0) is 0 Å². The van der Waals surface area contributed by atoms with Gasteiger partial charge in [0.1, 0.15) is 12.0 Å². The number of rotatable bonds is 4. The normalized spacial score (nSPS) is 19.5. The van der Waals surface area contributed by atoms with Gasteiger partial charge >= 0.3 is 0 Å². The van der Waals surface area contributed by atoms with Gasteiger partial charge in [-0.2, -0.15) is 11.8 Å². The fourth-order valence-corrected chi connectivity index (χ4v) is 3.30. The molecule has 0 radical (unpaired) electrons. The standard InChI is InChI=1S/C11H14ClN3O2S/c12-10-5-8(15(16)17)6-13-11(10)14-7-9-3-1-2-4-18-9/h5-6,9H,1-4,7H2,(H,13,14). The Kier molecular flexibility index (Phi) is 4.66. The first kappa shape index (κ1) is 13.4. The van der Waals surface area contributed by atoms with Crippen LogP contribution in [0.3, 0.4) is 0 Å². The maximum absolute atomic E-state index is 10.6. The molecule has 0 bridgehead atoms. The molecule has 0 amide bonds. The van der Waals surface area contributed by atoms with E-state index in [1.807, 2.05) is 11.8 Å². The van der Waals surface area contributed by atoms with E-state index in [1.165, 1.54) is 37.3 Å². The fraction of sp³-hybridized carbons (Fsp3) is 0.545. The first-order chi connectivity index (χ1) is 8.66. The molecule has 1 aliphatic heterocycles. The molecule has 0 spiro atoms. The summed E-state index contributed by atoms with van der Waals surface area (Å²) in [5.74, 6) is 1.72. The van der Waals surface area contributed by atoms with Crippen LogP contribution < -0.4 is 5.32 Å². The van der Waals surface area contributed by atoms with Gasteiger partial charge in [0, 0.05) is 17.9 Å². The molecule has 0 aromatic carbocycles. The molecule has 1 aromatic heterocycles. The summed E-state index contributed by atoms with van der Waals surface area (Å²) in [6.45, 7) is 0.801. The van der Waals surface area contributed by atoms with Gasteiger partial charge in [-0.3, -0.25) is 10.1 Å². The van der Waals surface area contributed by atoms with Gasteiger partial charge in [0.25, 0.3) is 5.69 Å². The number of thioether (sulfide) groups is 1. The van der Waals surface area contributed by atoms with Crippen LogP contribution in [0.2, 0.25) is 5.02 Å². The molecule has 1 saturated heterocycles. The minimum atomic E-state index is -0.500. The number of hydrogen-bond donors (Lipinski definition) is 1. The van der Waals surface area contributed by atoms with E-state index < -0.39 is 4.92 Å². The SMILES string of the molecule is O=[N+]([O-])c1cnc(NCC2CCCCS2)c(Cl)c1. The van der Waals surface area contributed by atoms with Crippen LogP contribution in [-0.4, -0.2) is 27.5 Å². The average molecular weight is 288 g/mol. The molecule has 5 nitrogen and oxygen atoms in total. The van der Waals surface area contributed by atoms with E-state index in [0.29, 0.717) is 16.1 Å². The second-order valence-corrected chi connectivity index (χ2v) is 5.97. The highest BCUT2D eigenvalue weighted by molar-refractivity contribution is 7.99. The Morgan fingerprint density at radius 1 is 1.61 bits per heavy atom. The third-order valence-corrected chi connectivity index (χ3v) is 4.50. The van der Waals surface area contributed by atoms with E-state index in [9.17, 15) is 10.1 Å². The van der Waals surface area contributed by atoms with Gasteiger partial charge in [0.2, 0.25) is 0 Å². The highest BCUT2D eigenvalue weighted by atomic mass is 35.5. The molecule has 1 aliphatic rings. The maximum Gasteiger partial charge on any atom is 0.289 e. The molecule has 2 rings (SSSR count). The summed E-state index contributed by atoms with van der Waals surface area (Å²) < 4.78 is 0. The third-order valence-electron chi connectivity index (χ3n) is 2.81. The van der Waals surface area contributed by atoms with E-state index in [4.69, 9.17) is 11.6 Å². The summed E-state index contributed by atoms with van der Waals surface area (Å²) in [7, 11) is 0. The van der Waals surface area contributed by atoms with E-state index in [1.54, 1.807) is 0 Å². The molecule has 2 heterocycles. The smallest absolute Gasteiger partial charge is 0.289 e. The second kappa shape index (κ2) is 6.24. The summed E-state index contributed by atoms with van der Waals surface area (Å²) in [5, 5.41) is 14.6. The Morgan fingerprint density at radius 2 is 2.44 bits per heavy atom. The predicted molar refractivity (Wildman–Crippen MR) is 74.5 cm³/mol. The van der Waals surface area contributed by atoms with Crippen LogP contribution in [0.1, 0.15) is 19.3 Å². The Labute approximate surface area is 114 Å². The van der Waals surface area contributed by atoms with Gasteiger partial charge in [0.05, 0.1) is 9.95 Å². The van der Waals surface area contributed by atoms with E-state index >= 15 is 0 Å². The van der Waals surface area contributed by atoms with Crippen LogP contribution >= 0.6 is 23.4 Å². The van der Waals surface area contributed by atoms with Crippen molar-refractivity contribution in [2.45, 2.75) is 24.5 Å². The molecule has 1 aromatic rings. The van der Waals surface area contributed by atoms with Gasteiger partial charge in [-0.15, -0.1) is 0 Å². The summed E-state index contributed by atoms with van der Waals surface area (Å²) in [6.07, 6.45) is 4.98. The van der Waals surface area contributed by atoms with Crippen molar-refractivity contribution in [1.82, 2.24) is 4.98 Å². The molecule has 1 N–H and O–H groups in total. The number of anilines is 1. The Hall–Kier alpha value is -1.01. The first-order valence-corrected chi connectivity index (χ1v) is 7.25. The summed E-state index contributed by atoms with van der Waals surface area (Å²) in [4.78, 5) is 14.0. The number of nitrogens with zero attached hydrogens (tertiary/aromatic N) is 2. The molecule has 1 unspecified atom stereocenters. The van der Waals surface area contributed by atoms with Crippen molar-refractivity contribution in [3.8, 4) is 0 Å². The molecule has 98 valence electrons. The number of nitrogens with one attached hydrogen (secondary N) is 1. The Bertz CT molecular complexity index is 438. The van der Waals surface area contributed by atoms with Crippen molar-refractivity contribution in [3.63, 3.8) is 0 Å². The molecular weight excluding hydrogens is 274 g/mol. The highest BCUT2D eigenvalue weighted by Crippen LogP contribution is 2.27. The van der Waals surface area contributed by atoms with Crippen LogP contribution in [0, 0.1) is 10.1 Å². The Balaban J connectivity index is 1.94. The number of pyridine rings is 1. The molecular formula is C11H14ClN3O2S. The number of nitro groups is 1.